The first-order chi connectivity index (χ1) is 10.3. The van der Waals surface area contributed by atoms with Gasteiger partial charge in [0, 0.05) is 38.6 Å². The second-order valence-corrected chi connectivity index (χ2v) is 7.13. The summed E-state index contributed by atoms with van der Waals surface area (Å²) >= 11 is 0. The zero-order valence-corrected chi connectivity index (χ0v) is 14.1. The SMILES string of the molecule is CN(Cc1ccncc1)C[C@H]1CCN(C(=O)OC(C)(C)C)C1. The highest BCUT2D eigenvalue weighted by Crippen LogP contribution is 2.20. The van der Waals surface area contributed by atoms with Crippen LogP contribution in [0.4, 0.5) is 4.79 Å². The molecule has 0 N–H and O–H groups in total. The summed E-state index contributed by atoms with van der Waals surface area (Å²) in [4.78, 5) is 20.2. The van der Waals surface area contributed by atoms with E-state index in [0.717, 1.165) is 32.6 Å². The van der Waals surface area contributed by atoms with Crippen LogP contribution in [0.3, 0.4) is 0 Å². The monoisotopic (exact) mass is 305 g/mol. The van der Waals surface area contributed by atoms with Crippen LogP contribution in [0, 0.1) is 5.92 Å². The summed E-state index contributed by atoms with van der Waals surface area (Å²) in [6.07, 6.45) is 4.50. The number of nitrogens with zero attached hydrogens (tertiary/aromatic N) is 3. The summed E-state index contributed by atoms with van der Waals surface area (Å²) in [5.74, 6) is 0.513. The van der Waals surface area contributed by atoms with E-state index in [4.69, 9.17) is 4.74 Å². The summed E-state index contributed by atoms with van der Waals surface area (Å²) in [5, 5.41) is 0. The molecule has 1 saturated heterocycles. The Morgan fingerprint density at radius 3 is 2.73 bits per heavy atom. The summed E-state index contributed by atoms with van der Waals surface area (Å²) in [7, 11) is 2.12. The van der Waals surface area contributed by atoms with Gasteiger partial charge in [-0.2, -0.15) is 0 Å². The molecule has 1 aromatic rings. The smallest absolute Gasteiger partial charge is 0.410 e. The lowest BCUT2D eigenvalue weighted by Crippen LogP contribution is -2.36. The fourth-order valence-corrected chi connectivity index (χ4v) is 2.78. The van der Waals surface area contributed by atoms with Gasteiger partial charge in [0.2, 0.25) is 0 Å². The van der Waals surface area contributed by atoms with Crippen LogP contribution in [0.15, 0.2) is 24.5 Å². The lowest BCUT2D eigenvalue weighted by Gasteiger charge is -2.25. The summed E-state index contributed by atoms with van der Waals surface area (Å²) in [6.45, 7) is 9.19. The Morgan fingerprint density at radius 2 is 2.09 bits per heavy atom. The highest BCUT2D eigenvalue weighted by molar-refractivity contribution is 5.68. The lowest BCUT2D eigenvalue weighted by molar-refractivity contribution is 0.0285. The van der Waals surface area contributed by atoms with Crippen LogP contribution in [0.25, 0.3) is 0 Å². The fraction of sp³-hybridized carbons (Fsp3) is 0.647. The van der Waals surface area contributed by atoms with Gasteiger partial charge in [-0.1, -0.05) is 0 Å². The van der Waals surface area contributed by atoms with Crippen LogP contribution >= 0.6 is 0 Å². The van der Waals surface area contributed by atoms with Crippen LogP contribution in [0.1, 0.15) is 32.8 Å². The van der Waals surface area contributed by atoms with Gasteiger partial charge in [-0.25, -0.2) is 4.79 Å². The Bertz CT molecular complexity index is 484. The van der Waals surface area contributed by atoms with Crippen molar-refractivity contribution in [2.75, 3.05) is 26.7 Å². The number of amides is 1. The summed E-state index contributed by atoms with van der Waals surface area (Å²) < 4.78 is 5.44. The van der Waals surface area contributed by atoms with Crippen molar-refractivity contribution in [1.82, 2.24) is 14.8 Å². The molecule has 0 unspecified atom stereocenters. The maximum absolute atomic E-state index is 12.1. The van der Waals surface area contributed by atoms with E-state index in [2.05, 4.69) is 16.9 Å². The third-order valence-corrected chi connectivity index (χ3v) is 3.71. The number of pyridine rings is 1. The Morgan fingerprint density at radius 1 is 1.41 bits per heavy atom. The molecule has 0 bridgehead atoms. The minimum absolute atomic E-state index is 0.188. The van der Waals surface area contributed by atoms with Gasteiger partial charge in [0.15, 0.2) is 0 Å². The molecular formula is C17H27N3O2. The van der Waals surface area contributed by atoms with E-state index < -0.39 is 5.60 Å². The van der Waals surface area contributed by atoms with Crippen molar-refractivity contribution >= 4 is 6.09 Å². The molecule has 0 radical (unpaired) electrons. The van der Waals surface area contributed by atoms with Gasteiger partial charge in [0.25, 0.3) is 0 Å². The van der Waals surface area contributed by atoms with Gasteiger partial charge in [0.05, 0.1) is 0 Å². The molecule has 0 aliphatic carbocycles. The number of carbonyl (C=O) groups excluding carboxylic acids is 1. The van der Waals surface area contributed by atoms with Gasteiger partial charge < -0.3 is 14.5 Å². The average Bonchev–Trinajstić information content (AvgIpc) is 2.86. The molecule has 2 heterocycles. The molecule has 1 atom stereocenters. The molecule has 1 fully saturated rings. The Hall–Kier alpha value is -1.62. The molecule has 5 nitrogen and oxygen atoms in total. The third kappa shape index (κ3) is 5.30. The second-order valence-electron chi connectivity index (χ2n) is 7.13. The normalized spacial score (nSPS) is 18.8. The predicted molar refractivity (Wildman–Crippen MR) is 86.5 cm³/mol. The minimum atomic E-state index is -0.423. The number of rotatable bonds is 4. The number of aromatic nitrogens is 1. The van der Waals surface area contributed by atoms with Crippen LogP contribution in [-0.4, -0.2) is 53.2 Å². The topological polar surface area (TPSA) is 45.7 Å². The standard InChI is InChI=1S/C17H27N3O2/c1-17(2,3)22-16(21)20-10-7-15(13-20)12-19(4)11-14-5-8-18-9-6-14/h5-6,8-9,15H,7,10-13H2,1-4H3/t15-/m1/s1. The van der Waals surface area contributed by atoms with Crippen molar-refractivity contribution in [2.45, 2.75) is 39.3 Å². The van der Waals surface area contributed by atoms with Crippen molar-refractivity contribution in [3.63, 3.8) is 0 Å². The van der Waals surface area contributed by atoms with Gasteiger partial charge in [-0.3, -0.25) is 4.98 Å². The highest BCUT2D eigenvalue weighted by Gasteiger charge is 2.30. The molecule has 1 aliphatic rings. The Balaban J connectivity index is 1.77. The zero-order valence-electron chi connectivity index (χ0n) is 14.1. The van der Waals surface area contributed by atoms with E-state index in [1.807, 2.05) is 50.2 Å². The van der Waals surface area contributed by atoms with Crippen LogP contribution in [-0.2, 0) is 11.3 Å². The molecule has 2 rings (SSSR count). The van der Waals surface area contributed by atoms with Crippen LogP contribution < -0.4 is 0 Å². The molecule has 5 heteroatoms. The van der Waals surface area contributed by atoms with Crippen LogP contribution in [0.5, 0.6) is 0 Å². The fourth-order valence-electron chi connectivity index (χ4n) is 2.78. The largest absolute Gasteiger partial charge is 0.444 e. The molecule has 0 saturated carbocycles. The van der Waals surface area contributed by atoms with E-state index >= 15 is 0 Å². The number of hydrogen-bond donors (Lipinski definition) is 0. The molecule has 122 valence electrons. The summed E-state index contributed by atoms with van der Waals surface area (Å²) in [6, 6.07) is 4.08. The molecule has 0 spiro atoms. The average molecular weight is 305 g/mol. The summed E-state index contributed by atoms with van der Waals surface area (Å²) in [5.41, 5.74) is 0.840. The number of ether oxygens (including phenoxy) is 1. The first kappa shape index (κ1) is 16.7. The van der Waals surface area contributed by atoms with Crippen molar-refractivity contribution in [2.24, 2.45) is 5.92 Å². The minimum Gasteiger partial charge on any atom is -0.444 e. The zero-order chi connectivity index (χ0) is 16.2. The van der Waals surface area contributed by atoms with Gasteiger partial charge in [-0.05, 0) is 57.9 Å². The van der Waals surface area contributed by atoms with Gasteiger partial charge in [-0.15, -0.1) is 0 Å². The maximum Gasteiger partial charge on any atom is 0.410 e. The maximum atomic E-state index is 12.1. The Labute approximate surface area is 133 Å². The number of hydrogen-bond acceptors (Lipinski definition) is 4. The van der Waals surface area contributed by atoms with E-state index in [1.165, 1.54) is 5.56 Å². The molecule has 22 heavy (non-hydrogen) atoms. The Kier molecular flexibility index (Phi) is 5.40. The van der Waals surface area contributed by atoms with E-state index in [0.29, 0.717) is 5.92 Å². The van der Waals surface area contributed by atoms with Gasteiger partial charge >= 0.3 is 6.09 Å². The first-order valence-electron chi connectivity index (χ1n) is 7.89. The quantitative estimate of drug-likeness (QED) is 0.858. The highest BCUT2D eigenvalue weighted by atomic mass is 16.6. The molecule has 1 amide bonds. The van der Waals surface area contributed by atoms with E-state index in [-0.39, 0.29) is 6.09 Å². The number of likely N-dealkylation sites (tertiary alicyclic amines) is 1. The van der Waals surface area contributed by atoms with E-state index in [1.54, 1.807) is 0 Å². The number of carbonyl (C=O) groups is 1. The molecule has 1 aliphatic heterocycles. The van der Waals surface area contributed by atoms with Crippen molar-refractivity contribution in [3.8, 4) is 0 Å². The predicted octanol–water partition coefficient (Wildman–Crippen LogP) is 2.77. The van der Waals surface area contributed by atoms with Crippen molar-refractivity contribution in [1.29, 1.82) is 0 Å². The lowest BCUT2D eigenvalue weighted by atomic mass is 10.1. The third-order valence-electron chi connectivity index (χ3n) is 3.71. The second kappa shape index (κ2) is 7.09. The van der Waals surface area contributed by atoms with Crippen LogP contribution in [0.2, 0.25) is 0 Å². The molecular weight excluding hydrogens is 278 g/mol. The molecule has 1 aromatic heterocycles. The molecule has 0 aromatic carbocycles. The van der Waals surface area contributed by atoms with Crippen molar-refractivity contribution in [3.05, 3.63) is 30.1 Å². The van der Waals surface area contributed by atoms with Crippen molar-refractivity contribution < 1.29 is 9.53 Å². The van der Waals surface area contributed by atoms with Gasteiger partial charge in [0.1, 0.15) is 5.60 Å². The van der Waals surface area contributed by atoms with E-state index in [9.17, 15) is 4.79 Å². The first-order valence-corrected chi connectivity index (χ1v) is 7.89.